The molecule has 6 nitrogen and oxygen atoms in total. The van der Waals surface area contributed by atoms with Crippen molar-refractivity contribution in [2.45, 2.75) is 13.0 Å². The minimum atomic E-state index is -0.944. The van der Waals surface area contributed by atoms with E-state index in [1.165, 1.54) is 5.01 Å². The molecule has 0 spiro atoms. The normalized spacial score (nSPS) is 15.2. The van der Waals surface area contributed by atoms with Crippen molar-refractivity contribution in [3.8, 4) is 5.69 Å². The van der Waals surface area contributed by atoms with Crippen molar-refractivity contribution in [3.05, 3.63) is 64.4 Å². The number of carboxylic acids is 1. The van der Waals surface area contributed by atoms with Crippen LogP contribution in [0, 0.1) is 5.92 Å². The SMILES string of the molecule is O=C(O)c1ccccc1-n1cc(CN2CC(Cc3nccs3)C2)cn1. The molecule has 7 heteroatoms. The lowest BCUT2D eigenvalue weighted by Crippen LogP contribution is -2.46. The Morgan fingerprint density at radius 2 is 2.16 bits per heavy atom. The Hall–Kier alpha value is -2.51. The Kier molecular flexibility index (Phi) is 4.33. The van der Waals surface area contributed by atoms with Crippen molar-refractivity contribution in [3.63, 3.8) is 0 Å². The van der Waals surface area contributed by atoms with Gasteiger partial charge in [-0.1, -0.05) is 12.1 Å². The number of para-hydroxylation sites is 1. The summed E-state index contributed by atoms with van der Waals surface area (Å²) in [6, 6.07) is 6.91. The first-order valence-corrected chi connectivity index (χ1v) is 9.04. The van der Waals surface area contributed by atoms with Crippen molar-refractivity contribution in [2.24, 2.45) is 5.92 Å². The highest BCUT2D eigenvalue weighted by Crippen LogP contribution is 2.23. The number of rotatable bonds is 6. The summed E-state index contributed by atoms with van der Waals surface area (Å²) >= 11 is 1.72. The quantitative estimate of drug-likeness (QED) is 0.737. The maximum atomic E-state index is 11.3. The van der Waals surface area contributed by atoms with Gasteiger partial charge in [-0.15, -0.1) is 11.3 Å². The highest BCUT2D eigenvalue weighted by Gasteiger charge is 2.27. The second kappa shape index (κ2) is 6.78. The van der Waals surface area contributed by atoms with E-state index in [1.54, 1.807) is 34.2 Å². The first-order chi connectivity index (χ1) is 12.2. The number of likely N-dealkylation sites (tertiary alicyclic amines) is 1. The lowest BCUT2D eigenvalue weighted by atomic mass is 9.96. The summed E-state index contributed by atoms with van der Waals surface area (Å²) in [5, 5.41) is 16.9. The molecule has 1 saturated heterocycles. The molecule has 25 heavy (non-hydrogen) atoms. The molecule has 0 aliphatic carbocycles. The summed E-state index contributed by atoms with van der Waals surface area (Å²) in [6.07, 6.45) is 6.64. The van der Waals surface area contributed by atoms with E-state index in [0.717, 1.165) is 31.6 Å². The molecule has 0 saturated carbocycles. The zero-order valence-corrected chi connectivity index (χ0v) is 14.4. The molecule has 2 aromatic heterocycles. The van der Waals surface area contributed by atoms with E-state index in [2.05, 4.69) is 15.0 Å². The van der Waals surface area contributed by atoms with E-state index in [0.29, 0.717) is 11.6 Å². The van der Waals surface area contributed by atoms with Crippen LogP contribution in [-0.4, -0.2) is 43.8 Å². The number of nitrogens with zero attached hydrogens (tertiary/aromatic N) is 4. The molecule has 3 aromatic rings. The molecular formula is C18H18N4O2S. The number of hydrogen-bond acceptors (Lipinski definition) is 5. The van der Waals surface area contributed by atoms with Crippen LogP contribution in [0.4, 0.5) is 0 Å². The number of benzene rings is 1. The van der Waals surface area contributed by atoms with Crippen molar-refractivity contribution >= 4 is 17.3 Å². The van der Waals surface area contributed by atoms with Gasteiger partial charge in [0.2, 0.25) is 0 Å². The molecule has 0 atom stereocenters. The van der Waals surface area contributed by atoms with E-state index < -0.39 is 5.97 Å². The second-order valence-corrected chi connectivity index (χ2v) is 7.28. The van der Waals surface area contributed by atoms with Crippen LogP contribution >= 0.6 is 11.3 Å². The largest absolute Gasteiger partial charge is 0.478 e. The van der Waals surface area contributed by atoms with Gasteiger partial charge in [-0.05, 0) is 18.1 Å². The van der Waals surface area contributed by atoms with Gasteiger partial charge in [0.1, 0.15) is 0 Å². The first-order valence-electron chi connectivity index (χ1n) is 8.16. The van der Waals surface area contributed by atoms with Gasteiger partial charge in [-0.25, -0.2) is 14.5 Å². The molecule has 0 amide bonds. The average molecular weight is 354 g/mol. The minimum Gasteiger partial charge on any atom is -0.478 e. The van der Waals surface area contributed by atoms with Gasteiger partial charge in [-0.3, -0.25) is 4.90 Å². The zero-order valence-electron chi connectivity index (χ0n) is 13.6. The van der Waals surface area contributed by atoms with Gasteiger partial charge in [0.05, 0.1) is 22.5 Å². The summed E-state index contributed by atoms with van der Waals surface area (Å²) in [5.41, 5.74) is 1.93. The van der Waals surface area contributed by atoms with Gasteiger partial charge in [0.15, 0.2) is 0 Å². The summed E-state index contributed by atoms with van der Waals surface area (Å²) < 4.78 is 1.64. The molecule has 3 heterocycles. The zero-order chi connectivity index (χ0) is 17.2. The highest BCUT2D eigenvalue weighted by atomic mass is 32.1. The molecule has 0 bridgehead atoms. The third kappa shape index (κ3) is 3.47. The topological polar surface area (TPSA) is 71.2 Å². The Bertz CT molecular complexity index is 869. The van der Waals surface area contributed by atoms with Gasteiger partial charge in [0, 0.05) is 49.4 Å². The van der Waals surface area contributed by atoms with E-state index in [4.69, 9.17) is 0 Å². The van der Waals surface area contributed by atoms with Crippen LogP contribution in [0.25, 0.3) is 5.69 Å². The second-order valence-electron chi connectivity index (χ2n) is 6.31. The molecule has 1 fully saturated rings. The van der Waals surface area contributed by atoms with Crippen molar-refractivity contribution < 1.29 is 9.90 Å². The van der Waals surface area contributed by atoms with Crippen LogP contribution in [0.15, 0.2) is 48.2 Å². The number of carboxylic acid groups (broad SMARTS) is 1. The van der Waals surface area contributed by atoms with E-state index in [-0.39, 0.29) is 5.56 Å². The number of aromatic nitrogens is 3. The van der Waals surface area contributed by atoms with E-state index in [1.807, 2.05) is 30.0 Å². The van der Waals surface area contributed by atoms with Gasteiger partial charge in [0.25, 0.3) is 0 Å². The first kappa shape index (κ1) is 16.0. The smallest absolute Gasteiger partial charge is 0.337 e. The fraction of sp³-hybridized carbons (Fsp3) is 0.278. The monoisotopic (exact) mass is 354 g/mol. The lowest BCUT2D eigenvalue weighted by Gasteiger charge is -2.38. The van der Waals surface area contributed by atoms with Crippen LogP contribution < -0.4 is 0 Å². The standard InChI is InChI=1S/C18H18N4O2S/c23-18(24)15-3-1-2-4-16(15)22-12-14(8-20-22)11-21-9-13(10-21)7-17-19-5-6-25-17/h1-6,8,12-13H,7,9-11H2,(H,23,24). The van der Waals surface area contributed by atoms with Crippen molar-refractivity contribution in [2.75, 3.05) is 13.1 Å². The molecule has 1 aliphatic rings. The maximum Gasteiger partial charge on any atom is 0.337 e. The van der Waals surface area contributed by atoms with Crippen LogP contribution in [0.5, 0.6) is 0 Å². The predicted octanol–water partition coefficient (Wildman–Crippen LogP) is 2.70. The lowest BCUT2D eigenvalue weighted by molar-refractivity contribution is 0.0696. The Morgan fingerprint density at radius 1 is 1.32 bits per heavy atom. The summed E-state index contributed by atoms with van der Waals surface area (Å²) in [5.74, 6) is -0.269. The predicted molar refractivity (Wildman–Crippen MR) is 95.1 cm³/mol. The molecule has 1 aliphatic heterocycles. The molecule has 4 rings (SSSR count). The van der Waals surface area contributed by atoms with Crippen molar-refractivity contribution in [1.82, 2.24) is 19.7 Å². The molecule has 1 N–H and O–H groups in total. The third-order valence-corrected chi connectivity index (χ3v) is 5.21. The maximum absolute atomic E-state index is 11.3. The van der Waals surface area contributed by atoms with Gasteiger partial charge < -0.3 is 5.11 Å². The van der Waals surface area contributed by atoms with Crippen molar-refractivity contribution in [1.29, 1.82) is 0 Å². The molecule has 0 radical (unpaired) electrons. The van der Waals surface area contributed by atoms with Crippen LogP contribution in [0.1, 0.15) is 20.9 Å². The minimum absolute atomic E-state index is 0.254. The molecule has 0 unspecified atom stereocenters. The number of hydrogen-bond donors (Lipinski definition) is 1. The fourth-order valence-corrected chi connectivity index (χ4v) is 3.95. The fourth-order valence-electron chi connectivity index (χ4n) is 3.22. The average Bonchev–Trinajstić information content (AvgIpc) is 3.24. The van der Waals surface area contributed by atoms with E-state index >= 15 is 0 Å². The van der Waals surface area contributed by atoms with Crippen LogP contribution in [0.3, 0.4) is 0 Å². The van der Waals surface area contributed by atoms with E-state index in [9.17, 15) is 9.90 Å². The number of carbonyl (C=O) groups is 1. The molecule has 1 aromatic carbocycles. The number of thiazole rings is 1. The summed E-state index contributed by atoms with van der Waals surface area (Å²) in [6.45, 7) is 2.97. The number of aromatic carboxylic acids is 1. The van der Waals surface area contributed by atoms with Crippen LogP contribution in [0.2, 0.25) is 0 Å². The highest BCUT2D eigenvalue weighted by molar-refractivity contribution is 7.09. The molecule has 128 valence electrons. The van der Waals surface area contributed by atoms with Gasteiger partial charge in [-0.2, -0.15) is 5.10 Å². The third-order valence-electron chi connectivity index (χ3n) is 4.40. The Morgan fingerprint density at radius 3 is 2.92 bits per heavy atom. The Balaban J connectivity index is 1.38. The molecular weight excluding hydrogens is 336 g/mol. The Labute approximate surface area is 149 Å². The summed E-state index contributed by atoms with van der Waals surface area (Å²) in [4.78, 5) is 18.1. The van der Waals surface area contributed by atoms with Gasteiger partial charge >= 0.3 is 5.97 Å². The summed E-state index contributed by atoms with van der Waals surface area (Å²) in [7, 11) is 0. The van der Waals surface area contributed by atoms with Crippen LogP contribution in [-0.2, 0) is 13.0 Å².